The first-order valence-corrected chi connectivity index (χ1v) is 13.4. The van der Waals surface area contributed by atoms with E-state index >= 15 is 0 Å². The maximum absolute atomic E-state index is 13.5. The molecule has 192 valence electrons. The van der Waals surface area contributed by atoms with Crippen molar-refractivity contribution >= 4 is 50.7 Å². The van der Waals surface area contributed by atoms with Crippen LogP contribution in [0.15, 0.2) is 42.5 Å². The van der Waals surface area contributed by atoms with E-state index in [1.807, 2.05) is 20.8 Å². The van der Waals surface area contributed by atoms with E-state index in [-0.39, 0.29) is 12.5 Å². The van der Waals surface area contributed by atoms with Gasteiger partial charge in [-0.05, 0) is 69.7 Å². The fraction of sp³-hybridized carbons (Fsp3) is 0.417. The molecule has 11 heteroatoms. The molecular formula is C24H31Cl2N3O5S. The van der Waals surface area contributed by atoms with Crippen molar-refractivity contribution in [3.8, 4) is 5.75 Å². The van der Waals surface area contributed by atoms with Gasteiger partial charge in [0, 0.05) is 12.1 Å². The Bertz CT molecular complexity index is 1160. The van der Waals surface area contributed by atoms with Crippen molar-refractivity contribution in [2.45, 2.75) is 45.8 Å². The maximum Gasteiger partial charge on any atom is 0.244 e. The largest absolute Gasteiger partial charge is 0.497 e. The van der Waals surface area contributed by atoms with Crippen LogP contribution in [-0.2, 0) is 26.2 Å². The van der Waals surface area contributed by atoms with E-state index in [2.05, 4.69) is 5.32 Å². The molecule has 0 aliphatic heterocycles. The zero-order chi connectivity index (χ0) is 26.6. The Hall–Kier alpha value is -2.49. The van der Waals surface area contributed by atoms with Crippen molar-refractivity contribution in [3.05, 3.63) is 58.1 Å². The van der Waals surface area contributed by atoms with Gasteiger partial charge in [-0.1, -0.05) is 29.3 Å². The Balaban J connectivity index is 2.42. The lowest BCUT2D eigenvalue weighted by Crippen LogP contribution is -2.54. The summed E-state index contributed by atoms with van der Waals surface area (Å²) in [5.74, 6) is -0.391. The Kier molecular flexibility index (Phi) is 9.44. The summed E-state index contributed by atoms with van der Waals surface area (Å²) >= 11 is 12.2. The third-order valence-corrected chi connectivity index (χ3v) is 6.92. The molecule has 0 radical (unpaired) electrons. The second-order valence-corrected chi connectivity index (χ2v) is 11.9. The Morgan fingerprint density at radius 2 is 1.66 bits per heavy atom. The molecule has 1 unspecified atom stereocenters. The average Bonchev–Trinajstić information content (AvgIpc) is 2.75. The lowest BCUT2D eigenvalue weighted by atomic mass is 10.1. The fourth-order valence-corrected chi connectivity index (χ4v) is 4.42. The van der Waals surface area contributed by atoms with E-state index < -0.39 is 34.1 Å². The summed E-state index contributed by atoms with van der Waals surface area (Å²) in [5, 5.41) is 3.52. The average molecular weight is 545 g/mol. The quantitative estimate of drug-likeness (QED) is 0.513. The number of nitrogens with one attached hydrogen (secondary N) is 1. The molecule has 2 amide bonds. The zero-order valence-corrected chi connectivity index (χ0v) is 23.0. The highest BCUT2D eigenvalue weighted by Crippen LogP contribution is 2.25. The van der Waals surface area contributed by atoms with Gasteiger partial charge in [-0.3, -0.25) is 13.9 Å². The monoisotopic (exact) mass is 543 g/mol. The van der Waals surface area contributed by atoms with Gasteiger partial charge >= 0.3 is 0 Å². The molecule has 1 atom stereocenters. The molecule has 0 saturated heterocycles. The molecule has 2 rings (SSSR count). The molecule has 0 saturated carbocycles. The number of carbonyl (C=O) groups is 2. The van der Waals surface area contributed by atoms with Crippen molar-refractivity contribution < 1.29 is 22.7 Å². The van der Waals surface area contributed by atoms with Crippen LogP contribution >= 0.6 is 23.2 Å². The molecule has 0 aliphatic carbocycles. The van der Waals surface area contributed by atoms with Crippen LogP contribution in [0.4, 0.5) is 5.69 Å². The van der Waals surface area contributed by atoms with Gasteiger partial charge in [-0.2, -0.15) is 0 Å². The van der Waals surface area contributed by atoms with Gasteiger partial charge in [-0.15, -0.1) is 0 Å². The standard InChI is InChI=1S/C24H31Cl2N3O5S/c1-16(23(31)27-24(2,3)4)28(14-17-7-12-20(25)21(26)13-17)22(30)15-29(35(6,32)33)18-8-10-19(34-5)11-9-18/h7-13,16H,14-15H2,1-6H3,(H,27,31). The molecule has 2 aromatic carbocycles. The topological polar surface area (TPSA) is 96.0 Å². The van der Waals surface area contributed by atoms with Gasteiger partial charge in [0.2, 0.25) is 21.8 Å². The fourth-order valence-electron chi connectivity index (χ4n) is 3.25. The number of hydrogen-bond acceptors (Lipinski definition) is 5. The summed E-state index contributed by atoms with van der Waals surface area (Å²) in [5.41, 5.74) is 0.410. The van der Waals surface area contributed by atoms with Crippen molar-refractivity contribution in [1.29, 1.82) is 0 Å². The number of methoxy groups -OCH3 is 1. The minimum atomic E-state index is -3.82. The molecule has 2 aromatic rings. The zero-order valence-electron chi connectivity index (χ0n) is 20.6. The first-order chi connectivity index (χ1) is 16.1. The highest BCUT2D eigenvalue weighted by atomic mass is 35.5. The third-order valence-electron chi connectivity index (χ3n) is 5.04. The number of sulfonamides is 1. The Labute approximate surface area is 217 Å². The molecule has 0 aliphatic rings. The molecule has 0 aromatic heterocycles. The predicted octanol–water partition coefficient (Wildman–Crippen LogP) is 4.10. The molecule has 0 bridgehead atoms. The van der Waals surface area contributed by atoms with Gasteiger partial charge in [0.25, 0.3) is 0 Å². The molecular weight excluding hydrogens is 513 g/mol. The SMILES string of the molecule is COc1ccc(N(CC(=O)N(Cc2ccc(Cl)c(Cl)c2)C(C)C(=O)NC(C)(C)C)S(C)(=O)=O)cc1. The minimum absolute atomic E-state index is 0.0225. The first-order valence-electron chi connectivity index (χ1n) is 10.8. The summed E-state index contributed by atoms with van der Waals surface area (Å²) in [6.07, 6.45) is 1.02. The van der Waals surface area contributed by atoms with E-state index in [0.717, 1.165) is 10.6 Å². The summed E-state index contributed by atoms with van der Waals surface area (Å²) in [7, 11) is -2.32. The number of nitrogens with zero attached hydrogens (tertiary/aromatic N) is 2. The first kappa shape index (κ1) is 28.7. The van der Waals surface area contributed by atoms with E-state index in [1.165, 1.54) is 12.0 Å². The van der Waals surface area contributed by atoms with Crippen LogP contribution in [0.2, 0.25) is 10.0 Å². The number of benzene rings is 2. The number of amides is 2. The molecule has 8 nitrogen and oxygen atoms in total. The summed E-state index contributed by atoms with van der Waals surface area (Å²) in [4.78, 5) is 27.8. The van der Waals surface area contributed by atoms with Gasteiger partial charge in [0.15, 0.2) is 0 Å². The molecule has 35 heavy (non-hydrogen) atoms. The highest BCUT2D eigenvalue weighted by molar-refractivity contribution is 7.92. The van der Waals surface area contributed by atoms with E-state index in [1.54, 1.807) is 49.4 Å². The van der Waals surface area contributed by atoms with Crippen LogP contribution in [0.5, 0.6) is 5.75 Å². The smallest absolute Gasteiger partial charge is 0.244 e. The molecule has 0 spiro atoms. The number of anilines is 1. The summed E-state index contributed by atoms with van der Waals surface area (Å²) in [6.45, 7) is 6.61. The van der Waals surface area contributed by atoms with Crippen LogP contribution in [0.3, 0.4) is 0 Å². The summed E-state index contributed by atoms with van der Waals surface area (Å²) < 4.78 is 31.3. The Morgan fingerprint density at radius 1 is 1.06 bits per heavy atom. The van der Waals surface area contributed by atoms with Crippen LogP contribution in [0.25, 0.3) is 0 Å². The number of carbonyl (C=O) groups excluding carboxylic acids is 2. The van der Waals surface area contributed by atoms with Crippen LogP contribution in [-0.4, -0.2) is 56.6 Å². The number of rotatable bonds is 9. The van der Waals surface area contributed by atoms with Crippen molar-refractivity contribution in [3.63, 3.8) is 0 Å². The second-order valence-electron chi connectivity index (χ2n) is 9.15. The second kappa shape index (κ2) is 11.5. The lowest BCUT2D eigenvalue weighted by molar-refractivity contribution is -0.140. The maximum atomic E-state index is 13.5. The number of hydrogen-bond donors (Lipinski definition) is 1. The van der Waals surface area contributed by atoms with Crippen molar-refractivity contribution in [2.24, 2.45) is 0 Å². The molecule has 0 fully saturated rings. The van der Waals surface area contributed by atoms with Crippen molar-refractivity contribution in [1.82, 2.24) is 10.2 Å². The van der Waals surface area contributed by atoms with Gasteiger partial charge < -0.3 is 15.0 Å². The number of ether oxygens (including phenoxy) is 1. The van der Waals surface area contributed by atoms with E-state index in [9.17, 15) is 18.0 Å². The van der Waals surface area contributed by atoms with Crippen LogP contribution in [0.1, 0.15) is 33.3 Å². The molecule has 1 N–H and O–H groups in total. The third kappa shape index (κ3) is 8.30. The van der Waals surface area contributed by atoms with Gasteiger partial charge in [0.1, 0.15) is 18.3 Å². The van der Waals surface area contributed by atoms with E-state index in [4.69, 9.17) is 27.9 Å². The highest BCUT2D eigenvalue weighted by Gasteiger charge is 2.31. The minimum Gasteiger partial charge on any atom is -0.497 e. The van der Waals surface area contributed by atoms with Crippen molar-refractivity contribution in [2.75, 3.05) is 24.2 Å². The normalized spacial score (nSPS) is 12.6. The molecule has 0 heterocycles. The lowest BCUT2D eigenvalue weighted by Gasteiger charge is -2.33. The number of halogens is 2. The Morgan fingerprint density at radius 3 is 2.14 bits per heavy atom. The van der Waals surface area contributed by atoms with Gasteiger partial charge in [0.05, 0.1) is 29.1 Å². The van der Waals surface area contributed by atoms with E-state index in [0.29, 0.717) is 27.0 Å². The predicted molar refractivity (Wildman–Crippen MR) is 140 cm³/mol. The summed E-state index contributed by atoms with van der Waals surface area (Å²) in [6, 6.07) is 10.3. The van der Waals surface area contributed by atoms with Gasteiger partial charge in [-0.25, -0.2) is 8.42 Å². The van der Waals surface area contributed by atoms with Crippen LogP contribution < -0.4 is 14.4 Å². The van der Waals surface area contributed by atoms with Crippen LogP contribution in [0, 0.1) is 0 Å².